The smallest absolute Gasteiger partial charge is 0.264 e. The van der Waals surface area contributed by atoms with E-state index in [-0.39, 0.29) is 35.5 Å². The van der Waals surface area contributed by atoms with Gasteiger partial charge in [-0.25, -0.2) is 12.8 Å². The molecule has 2 amide bonds. The van der Waals surface area contributed by atoms with Gasteiger partial charge in [0.25, 0.3) is 10.0 Å². The van der Waals surface area contributed by atoms with Crippen molar-refractivity contribution in [2.45, 2.75) is 69.5 Å². The molecule has 46 heavy (non-hydrogen) atoms. The minimum Gasteiger partial charge on any atom is -0.352 e. The van der Waals surface area contributed by atoms with Crippen molar-refractivity contribution in [1.82, 2.24) is 10.2 Å². The van der Waals surface area contributed by atoms with Crippen LogP contribution in [0.1, 0.15) is 47.9 Å². The van der Waals surface area contributed by atoms with Crippen molar-refractivity contribution in [2.75, 3.05) is 10.8 Å². The number of rotatable bonds is 12. The van der Waals surface area contributed by atoms with Gasteiger partial charge < -0.3 is 10.2 Å². The summed E-state index contributed by atoms with van der Waals surface area (Å²) in [5.41, 5.74) is 3.89. The maximum Gasteiger partial charge on any atom is 0.264 e. The molecule has 0 bridgehead atoms. The molecule has 0 heterocycles. The van der Waals surface area contributed by atoms with E-state index in [9.17, 15) is 22.4 Å². The average molecular weight is 642 g/mol. The Morgan fingerprint density at radius 3 is 2.13 bits per heavy atom. The lowest BCUT2D eigenvalue weighted by Gasteiger charge is -2.34. The van der Waals surface area contributed by atoms with Crippen LogP contribution in [0.15, 0.2) is 108 Å². The summed E-state index contributed by atoms with van der Waals surface area (Å²) in [6, 6.07) is 27.7. The summed E-state index contributed by atoms with van der Waals surface area (Å²) in [6.45, 7) is 3.38. The number of nitrogens with zero attached hydrogens (tertiary/aromatic N) is 2. The molecule has 0 unspecified atom stereocenters. The Balaban J connectivity index is 1.57. The van der Waals surface area contributed by atoms with Gasteiger partial charge in [-0.05, 0) is 79.8 Å². The van der Waals surface area contributed by atoms with Crippen molar-refractivity contribution < 1.29 is 22.4 Å². The van der Waals surface area contributed by atoms with Crippen LogP contribution in [0.25, 0.3) is 0 Å². The molecule has 0 aliphatic heterocycles. The van der Waals surface area contributed by atoms with E-state index in [1.807, 2.05) is 68.4 Å². The van der Waals surface area contributed by atoms with Gasteiger partial charge in [-0.1, -0.05) is 85.1 Å². The van der Waals surface area contributed by atoms with E-state index < -0.39 is 34.3 Å². The van der Waals surface area contributed by atoms with Crippen LogP contribution in [0, 0.1) is 19.7 Å². The van der Waals surface area contributed by atoms with Crippen LogP contribution < -0.4 is 9.62 Å². The van der Waals surface area contributed by atoms with Gasteiger partial charge in [-0.2, -0.15) is 0 Å². The summed E-state index contributed by atoms with van der Waals surface area (Å²) in [5.74, 6) is -1.36. The average Bonchev–Trinajstić information content (AvgIpc) is 3.56. The van der Waals surface area contributed by atoms with Crippen LogP contribution in [-0.2, 0) is 32.6 Å². The van der Waals surface area contributed by atoms with E-state index in [0.717, 1.165) is 64.4 Å². The minimum absolute atomic E-state index is 0.0316. The Morgan fingerprint density at radius 1 is 0.848 bits per heavy atom. The second kappa shape index (κ2) is 14.7. The number of carbonyl (C=O) groups excluding carboxylic acids is 2. The van der Waals surface area contributed by atoms with Crippen molar-refractivity contribution in [1.29, 1.82) is 0 Å². The lowest BCUT2D eigenvalue weighted by molar-refractivity contribution is -0.140. The molecule has 5 rings (SSSR count). The van der Waals surface area contributed by atoms with Gasteiger partial charge in [0.2, 0.25) is 11.8 Å². The molecule has 1 fully saturated rings. The third kappa shape index (κ3) is 8.01. The first-order chi connectivity index (χ1) is 22.1. The number of hydrogen-bond acceptors (Lipinski definition) is 4. The fraction of sp³-hybridized carbons (Fsp3) is 0.297. The predicted molar refractivity (Wildman–Crippen MR) is 178 cm³/mol. The van der Waals surface area contributed by atoms with Gasteiger partial charge in [0.1, 0.15) is 18.4 Å². The highest BCUT2D eigenvalue weighted by Gasteiger charge is 2.35. The molecule has 0 saturated heterocycles. The van der Waals surface area contributed by atoms with Gasteiger partial charge in [0.05, 0.1) is 10.6 Å². The Kier molecular flexibility index (Phi) is 10.5. The molecule has 0 spiro atoms. The maximum atomic E-state index is 14.6. The van der Waals surface area contributed by atoms with Gasteiger partial charge in [0, 0.05) is 19.0 Å². The molecule has 4 aromatic carbocycles. The van der Waals surface area contributed by atoms with E-state index >= 15 is 0 Å². The second-order valence-corrected chi connectivity index (χ2v) is 13.8. The van der Waals surface area contributed by atoms with Crippen LogP contribution in [0.5, 0.6) is 0 Å². The normalized spacial score (nSPS) is 14.1. The molecular weight excluding hydrogens is 601 g/mol. The number of amides is 2. The van der Waals surface area contributed by atoms with E-state index in [2.05, 4.69) is 5.32 Å². The first-order valence-electron chi connectivity index (χ1n) is 15.6. The zero-order valence-corrected chi connectivity index (χ0v) is 27.0. The first kappa shape index (κ1) is 32.9. The van der Waals surface area contributed by atoms with Gasteiger partial charge in [0.15, 0.2) is 0 Å². The zero-order valence-electron chi connectivity index (χ0n) is 26.2. The molecule has 0 radical (unpaired) electrons. The van der Waals surface area contributed by atoms with Crippen molar-refractivity contribution in [3.8, 4) is 0 Å². The minimum atomic E-state index is -4.30. The van der Waals surface area contributed by atoms with E-state index in [4.69, 9.17) is 0 Å². The van der Waals surface area contributed by atoms with E-state index in [1.165, 1.54) is 17.0 Å². The van der Waals surface area contributed by atoms with Crippen molar-refractivity contribution in [2.24, 2.45) is 0 Å². The third-order valence-corrected chi connectivity index (χ3v) is 10.4. The summed E-state index contributed by atoms with van der Waals surface area (Å²) in [6.07, 6.45) is 4.09. The standard InChI is InChI=1S/C37H40FN3O4S/c1-27-16-20-33(21-17-27)41(46(44,45)34-22-18-31(38)19-23-34)26-36(42)40(25-30-13-7-6-10-28(30)2)35(24-29-11-4-3-5-12-29)37(43)39-32-14-8-9-15-32/h3-7,10-13,16-23,32,35H,8-9,14-15,24-26H2,1-2H3,(H,39,43)/t35-/m1/s1. The van der Waals surface area contributed by atoms with Crippen LogP contribution in [-0.4, -0.2) is 43.8 Å². The molecule has 4 aromatic rings. The number of hydrogen-bond donors (Lipinski definition) is 1. The number of benzene rings is 4. The largest absolute Gasteiger partial charge is 0.352 e. The fourth-order valence-electron chi connectivity index (χ4n) is 5.87. The highest BCUT2D eigenvalue weighted by molar-refractivity contribution is 7.92. The molecule has 240 valence electrons. The van der Waals surface area contributed by atoms with Crippen molar-refractivity contribution >= 4 is 27.5 Å². The second-order valence-electron chi connectivity index (χ2n) is 11.9. The molecule has 1 saturated carbocycles. The summed E-state index contributed by atoms with van der Waals surface area (Å²) in [5, 5.41) is 3.19. The zero-order chi connectivity index (χ0) is 32.7. The number of nitrogens with one attached hydrogen (secondary N) is 1. The monoisotopic (exact) mass is 641 g/mol. The molecule has 1 aliphatic carbocycles. The van der Waals surface area contributed by atoms with E-state index in [0.29, 0.717) is 0 Å². The molecule has 1 aliphatic rings. The fourth-order valence-corrected chi connectivity index (χ4v) is 7.28. The number of carbonyl (C=O) groups is 2. The Bertz CT molecular complexity index is 1740. The van der Waals surface area contributed by atoms with Crippen LogP contribution >= 0.6 is 0 Å². The number of sulfonamides is 1. The lowest BCUT2D eigenvalue weighted by atomic mass is 10.0. The lowest BCUT2D eigenvalue weighted by Crippen LogP contribution is -2.54. The third-order valence-electron chi connectivity index (χ3n) is 8.58. The van der Waals surface area contributed by atoms with Crippen molar-refractivity contribution in [3.05, 3.63) is 131 Å². The molecular formula is C37H40FN3O4S. The van der Waals surface area contributed by atoms with Gasteiger partial charge in [-0.3, -0.25) is 13.9 Å². The number of anilines is 1. The molecule has 9 heteroatoms. The molecule has 1 N–H and O–H groups in total. The molecule has 0 aromatic heterocycles. The van der Waals surface area contributed by atoms with Crippen LogP contribution in [0.3, 0.4) is 0 Å². The summed E-state index contributed by atoms with van der Waals surface area (Å²) >= 11 is 0. The summed E-state index contributed by atoms with van der Waals surface area (Å²) in [4.78, 5) is 30.1. The highest BCUT2D eigenvalue weighted by Crippen LogP contribution is 2.26. The summed E-state index contributed by atoms with van der Waals surface area (Å²) < 4.78 is 43.0. The Morgan fingerprint density at radius 2 is 1.48 bits per heavy atom. The van der Waals surface area contributed by atoms with E-state index in [1.54, 1.807) is 24.3 Å². The van der Waals surface area contributed by atoms with Crippen molar-refractivity contribution in [3.63, 3.8) is 0 Å². The molecule has 7 nitrogen and oxygen atoms in total. The predicted octanol–water partition coefficient (Wildman–Crippen LogP) is 6.34. The number of aryl methyl sites for hydroxylation is 2. The summed E-state index contributed by atoms with van der Waals surface area (Å²) in [7, 11) is -4.30. The quantitative estimate of drug-likeness (QED) is 0.196. The number of halogens is 1. The maximum absolute atomic E-state index is 14.6. The highest BCUT2D eigenvalue weighted by atomic mass is 32.2. The van der Waals surface area contributed by atoms with Crippen LogP contribution in [0.2, 0.25) is 0 Å². The topological polar surface area (TPSA) is 86.8 Å². The SMILES string of the molecule is Cc1ccc(N(CC(=O)N(Cc2ccccc2C)[C@H](Cc2ccccc2)C(=O)NC2CCCC2)S(=O)(=O)c2ccc(F)cc2)cc1. The van der Waals surface area contributed by atoms with Gasteiger partial charge >= 0.3 is 0 Å². The van der Waals surface area contributed by atoms with Crippen LogP contribution in [0.4, 0.5) is 10.1 Å². The first-order valence-corrected chi connectivity index (χ1v) is 17.1. The Hall–Kier alpha value is -4.50. The van der Waals surface area contributed by atoms with Gasteiger partial charge in [-0.15, -0.1) is 0 Å². The Labute approximate surface area is 271 Å². The molecule has 1 atom stereocenters.